The van der Waals surface area contributed by atoms with Crippen LogP contribution >= 0.6 is 0 Å². The highest BCUT2D eigenvalue weighted by molar-refractivity contribution is 5.70. The van der Waals surface area contributed by atoms with Gasteiger partial charge in [0.15, 0.2) is 11.6 Å². The van der Waals surface area contributed by atoms with E-state index in [1.807, 2.05) is 6.92 Å². The number of ether oxygens (including phenoxy) is 2. The molecule has 0 aliphatic carbocycles. The highest BCUT2D eigenvalue weighted by Gasteiger charge is 2.20. The van der Waals surface area contributed by atoms with Crippen LogP contribution in [0.2, 0.25) is 0 Å². The second kappa shape index (κ2) is 8.72. The van der Waals surface area contributed by atoms with Gasteiger partial charge in [-0.1, -0.05) is 13.8 Å². The van der Waals surface area contributed by atoms with Crippen LogP contribution in [0.1, 0.15) is 33.6 Å². The zero-order valence-electron chi connectivity index (χ0n) is 13.5. The summed E-state index contributed by atoms with van der Waals surface area (Å²) in [5.41, 5.74) is 7.27. The fraction of sp³-hybridized carbons (Fsp3) is 0.625. The van der Waals surface area contributed by atoms with Gasteiger partial charge >= 0.3 is 0 Å². The highest BCUT2D eigenvalue weighted by atomic mass is 19.1. The van der Waals surface area contributed by atoms with E-state index in [4.69, 9.17) is 15.2 Å². The van der Waals surface area contributed by atoms with Gasteiger partial charge in [0, 0.05) is 31.8 Å². The molecule has 1 rings (SSSR count). The van der Waals surface area contributed by atoms with E-state index in [0.717, 1.165) is 18.5 Å². The van der Waals surface area contributed by atoms with Gasteiger partial charge in [-0.05, 0) is 19.8 Å². The van der Waals surface area contributed by atoms with E-state index in [0.29, 0.717) is 31.5 Å². The molecule has 0 aliphatic heterocycles. The lowest BCUT2D eigenvalue weighted by atomic mass is 10.1. The van der Waals surface area contributed by atoms with Crippen molar-refractivity contribution in [2.45, 2.75) is 39.7 Å². The van der Waals surface area contributed by atoms with E-state index in [2.05, 4.69) is 18.7 Å². The zero-order valence-corrected chi connectivity index (χ0v) is 13.5. The molecule has 4 nitrogen and oxygen atoms in total. The van der Waals surface area contributed by atoms with Crippen molar-refractivity contribution in [1.29, 1.82) is 0 Å². The first-order valence-electron chi connectivity index (χ1n) is 7.56. The van der Waals surface area contributed by atoms with Crippen LogP contribution in [0.5, 0.6) is 5.75 Å². The molecule has 0 aliphatic rings. The summed E-state index contributed by atoms with van der Waals surface area (Å²) in [6, 6.07) is 3.37. The van der Waals surface area contributed by atoms with Gasteiger partial charge in [-0.3, -0.25) is 0 Å². The molecule has 2 N–H and O–H groups in total. The van der Waals surface area contributed by atoms with Gasteiger partial charge in [0.05, 0.1) is 24.6 Å². The molecule has 5 heteroatoms. The maximum absolute atomic E-state index is 13.8. The zero-order chi connectivity index (χ0) is 15.8. The van der Waals surface area contributed by atoms with Gasteiger partial charge in [0.2, 0.25) is 0 Å². The van der Waals surface area contributed by atoms with Crippen LogP contribution < -0.4 is 15.4 Å². The number of hydrogen-bond acceptors (Lipinski definition) is 4. The Morgan fingerprint density at radius 3 is 2.43 bits per heavy atom. The monoisotopic (exact) mass is 298 g/mol. The van der Waals surface area contributed by atoms with E-state index in [-0.39, 0.29) is 5.75 Å². The highest BCUT2D eigenvalue weighted by Crippen LogP contribution is 2.33. The number of nitrogens with two attached hydrogens (primary N) is 1. The Kier molecular flexibility index (Phi) is 7.29. The minimum absolute atomic E-state index is 0.245. The molecule has 21 heavy (non-hydrogen) atoms. The molecule has 0 radical (unpaired) electrons. The van der Waals surface area contributed by atoms with Crippen molar-refractivity contribution in [3.05, 3.63) is 17.9 Å². The Hall–Kier alpha value is -1.49. The lowest BCUT2D eigenvalue weighted by molar-refractivity contribution is 0.202. The molecule has 0 bridgehead atoms. The maximum Gasteiger partial charge on any atom is 0.167 e. The van der Waals surface area contributed by atoms with Crippen molar-refractivity contribution < 1.29 is 13.9 Å². The molecular formula is C16H27FN2O2. The van der Waals surface area contributed by atoms with E-state index in [1.165, 1.54) is 6.07 Å². The summed E-state index contributed by atoms with van der Waals surface area (Å²) in [5, 5.41) is 0. The summed E-state index contributed by atoms with van der Waals surface area (Å²) in [5.74, 6) is -0.176. The van der Waals surface area contributed by atoms with Gasteiger partial charge in [-0.2, -0.15) is 0 Å². The molecule has 0 aromatic heterocycles. The smallest absolute Gasteiger partial charge is 0.167 e. The number of methoxy groups -OCH3 is 1. The normalized spacial score (nSPS) is 11.0. The van der Waals surface area contributed by atoms with Crippen molar-refractivity contribution in [1.82, 2.24) is 0 Å². The average Bonchev–Trinajstić information content (AvgIpc) is 2.47. The van der Waals surface area contributed by atoms with Gasteiger partial charge in [-0.25, -0.2) is 4.39 Å². The predicted molar refractivity (Wildman–Crippen MR) is 85.6 cm³/mol. The van der Waals surface area contributed by atoms with E-state index < -0.39 is 5.82 Å². The molecule has 0 saturated heterocycles. The quantitative estimate of drug-likeness (QED) is 0.709. The number of hydrogen-bond donors (Lipinski definition) is 1. The maximum atomic E-state index is 13.8. The van der Waals surface area contributed by atoms with E-state index in [1.54, 1.807) is 13.2 Å². The predicted octanol–water partition coefficient (Wildman–Crippen LogP) is 3.45. The van der Waals surface area contributed by atoms with Crippen LogP contribution in [0.25, 0.3) is 0 Å². The summed E-state index contributed by atoms with van der Waals surface area (Å²) in [7, 11) is 1.67. The van der Waals surface area contributed by atoms with Gasteiger partial charge in [0.1, 0.15) is 0 Å². The van der Waals surface area contributed by atoms with Gasteiger partial charge in [-0.15, -0.1) is 0 Å². The molecule has 0 fully saturated rings. The van der Waals surface area contributed by atoms with Crippen LogP contribution in [-0.2, 0) is 4.74 Å². The minimum atomic E-state index is -0.422. The lowest BCUT2D eigenvalue weighted by Crippen LogP contribution is -2.37. The SMILES string of the molecule is CCOc1cc(N(CCOC)C(CC)CC)c(N)cc1F. The fourth-order valence-corrected chi connectivity index (χ4v) is 2.49. The molecule has 1 aromatic carbocycles. The second-order valence-electron chi connectivity index (χ2n) is 4.93. The first-order chi connectivity index (χ1) is 10.1. The van der Waals surface area contributed by atoms with Gasteiger partial charge < -0.3 is 20.1 Å². The third kappa shape index (κ3) is 4.49. The summed E-state index contributed by atoms with van der Waals surface area (Å²) in [6.45, 7) is 7.83. The standard InChI is InChI=1S/C16H27FN2O2/c1-5-12(6-2)19(8-9-20-4)15-11-16(21-7-3)13(17)10-14(15)18/h10-12H,5-9,18H2,1-4H3. The third-order valence-electron chi connectivity index (χ3n) is 3.61. The van der Waals surface area contributed by atoms with E-state index >= 15 is 0 Å². The molecule has 0 amide bonds. The fourth-order valence-electron chi connectivity index (χ4n) is 2.49. The second-order valence-corrected chi connectivity index (χ2v) is 4.93. The number of nitrogen functional groups attached to an aromatic ring is 1. The summed E-state index contributed by atoms with van der Waals surface area (Å²) in [4.78, 5) is 2.18. The van der Waals surface area contributed by atoms with Crippen LogP contribution in [0.3, 0.4) is 0 Å². The van der Waals surface area contributed by atoms with Gasteiger partial charge in [0.25, 0.3) is 0 Å². The van der Waals surface area contributed by atoms with Crippen LogP contribution in [0.15, 0.2) is 12.1 Å². The third-order valence-corrected chi connectivity index (χ3v) is 3.61. The van der Waals surface area contributed by atoms with Crippen LogP contribution in [-0.4, -0.2) is 32.9 Å². The minimum Gasteiger partial charge on any atom is -0.491 e. The van der Waals surface area contributed by atoms with Crippen molar-refractivity contribution in [2.24, 2.45) is 0 Å². The first kappa shape index (κ1) is 17.6. The number of rotatable bonds is 9. The van der Waals surface area contributed by atoms with Crippen LogP contribution in [0, 0.1) is 5.82 Å². The van der Waals surface area contributed by atoms with Crippen molar-refractivity contribution in [3.8, 4) is 5.75 Å². The first-order valence-corrected chi connectivity index (χ1v) is 7.56. The Morgan fingerprint density at radius 2 is 1.90 bits per heavy atom. The Labute approximate surface area is 127 Å². The van der Waals surface area contributed by atoms with Crippen LogP contribution in [0.4, 0.5) is 15.8 Å². The molecule has 1 aromatic rings. The molecule has 0 saturated carbocycles. The molecular weight excluding hydrogens is 271 g/mol. The summed E-state index contributed by atoms with van der Waals surface area (Å²) in [6.07, 6.45) is 1.97. The topological polar surface area (TPSA) is 47.7 Å². The average molecular weight is 298 g/mol. The molecule has 0 atom stereocenters. The number of anilines is 2. The van der Waals surface area contributed by atoms with Crippen molar-refractivity contribution in [2.75, 3.05) is 37.5 Å². The lowest BCUT2D eigenvalue weighted by Gasteiger charge is -2.33. The van der Waals surface area contributed by atoms with Crippen molar-refractivity contribution >= 4 is 11.4 Å². The Balaban J connectivity index is 3.18. The summed E-state index contributed by atoms with van der Waals surface area (Å²) >= 11 is 0. The molecule has 0 spiro atoms. The Bertz CT molecular complexity index is 437. The summed E-state index contributed by atoms with van der Waals surface area (Å²) < 4.78 is 24.4. The number of benzene rings is 1. The van der Waals surface area contributed by atoms with E-state index in [9.17, 15) is 4.39 Å². The molecule has 0 unspecified atom stereocenters. The number of nitrogens with zero attached hydrogens (tertiary/aromatic N) is 1. The van der Waals surface area contributed by atoms with Crippen molar-refractivity contribution in [3.63, 3.8) is 0 Å². The number of halogens is 1. The molecule has 0 heterocycles. The molecule has 120 valence electrons. The Morgan fingerprint density at radius 1 is 1.24 bits per heavy atom. The largest absolute Gasteiger partial charge is 0.491 e.